The van der Waals surface area contributed by atoms with Crippen molar-refractivity contribution in [2.24, 2.45) is 7.05 Å². The lowest BCUT2D eigenvalue weighted by Crippen LogP contribution is -2.49. The van der Waals surface area contributed by atoms with Gasteiger partial charge in [-0.2, -0.15) is 4.57 Å². The molecule has 1 saturated heterocycles. The first-order valence-corrected chi connectivity index (χ1v) is 10.3. The van der Waals surface area contributed by atoms with E-state index in [0.29, 0.717) is 0 Å². The summed E-state index contributed by atoms with van der Waals surface area (Å²) in [5, 5.41) is 0.942. The Labute approximate surface area is 164 Å². The van der Waals surface area contributed by atoms with Crippen LogP contribution < -0.4 is 4.57 Å². The minimum Gasteiger partial charge on any atom is -0.325 e. The zero-order valence-electron chi connectivity index (χ0n) is 16.7. The third-order valence-corrected chi connectivity index (χ3v) is 6.54. The summed E-state index contributed by atoms with van der Waals surface area (Å²) in [6.45, 7) is 4.47. The summed E-state index contributed by atoms with van der Waals surface area (Å²) < 4.78 is 19.7. The first kappa shape index (κ1) is 17.6. The summed E-state index contributed by atoms with van der Waals surface area (Å²) >= 11 is 0. The van der Waals surface area contributed by atoms with Gasteiger partial charge >= 0.3 is 0 Å². The minimum atomic E-state index is -0.199. The zero-order valence-corrected chi connectivity index (χ0v) is 16.7. The number of hydrogen-bond donors (Lipinski definition) is 0. The quantitative estimate of drug-likeness (QED) is 0.391. The summed E-state index contributed by atoms with van der Waals surface area (Å²) in [4.78, 5) is 5.00. The number of quaternary nitrogens is 1. The van der Waals surface area contributed by atoms with Gasteiger partial charge in [0.15, 0.2) is 0 Å². The van der Waals surface area contributed by atoms with Crippen LogP contribution in [-0.2, 0) is 13.6 Å². The van der Waals surface area contributed by atoms with Crippen molar-refractivity contribution in [3.63, 3.8) is 0 Å². The average molecular weight is 378 g/mol. The van der Waals surface area contributed by atoms with Gasteiger partial charge in [0.05, 0.1) is 44.1 Å². The van der Waals surface area contributed by atoms with Crippen molar-refractivity contribution >= 4 is 33.1 Å². The van der Waals surface area contributed by atoms with Crippen LogP contribution in [0.2, 0.25) is 0 Å². The monoisotopic (exact) mass is 378 g/mol. The Hall–Kier alpha value is -2.53. The van der Waals surface area contributed by atoms with Crippen molar-refractivity contribution < 1.29 is 13.4 Å². The van der Waals surface area contributed by atoms with E-state index in [2.05, 4.69) is 35.4 Å². The number of halogens is 1. The number of likely N-dealkylation sites (tertiary alicyclic amines) is 1. The Balaban J connectivity index is 1.72. The predicted octanol–water partition coefficient (Wildman–Crippen LogP) is 3.94. The third-order valence-electron chi connectivity index (χ3n) is 6.54. The normalized spacial score (nSPS) is 17.0. The average Bonchev–Trinajstić information content (AvgIpc) is 3.00. The summed E-state index contributed by atoms with van der Waals surface area (Å²) in [6, 6.07) is 13.3. The number of aryl methyl sites for hydroxylation is 1. The van der Waals surface area contributed by atoms with Crippen molar-refractivity contribution in [2.45, 2.75) is 25.8 Å². The number of likely N-dealkylation sites (N-methyl/N-ethyl adjacent to an activating group) is 1. The van der Waals surface area contributed by atoms with Crippen molar-refractivity contribution in [3.8, 4) is 0 Å². The number of para-hydroxylation sites is 2. The van der Waals surface area contributed by atoms with Gasteiger partial charge in [-0.1, -0.05) is 12.1 Å². The molecule has 0 amide bonds. The number of hydrogen-bond acceptors (Lipinski definition) is 1. The lowest BCUT2D eigenvalue weighted by atomic mass is 10.1. The van der Waals surface area contributed by atoms with Gasteiger partial charge in [-0.25, -0.2) is 9.37 Å². The fourth-order valence-corrected chi connectivity index (χ4v) is 4.88. The van der Waals surface area contributed by atoms with E-state index in [0.717, 1.165) is 50.7 Å². The minimum absolute atomic E-state index is 0.199. The van der Waals surface area contributed by atoms with Crippen LogP contribution in [0.5, 0.6) is 0 Å². The van der Waals surface area contributed by atoms with Crippen LogP contribution in [0, 0.1) is 5.82 Å². The molecule has 0 unspecified atom stereocenters. The molecule has 28 heavy (non-hydrogen) atoms. The summed E-state index contributed by atoms with van der Waals surface area (Å²) in [6.07, 6.45) is 3.98. The lowest BCUT2D eigenvalue weighted by Gasteiger charge is -2.38. The molecule has 144 valence electrons. The molecule has 5 heteroatoms. The molecular weight excluding hydrogens is 351 g/mol. The van der Waals surface area contributed by atoms with Crippen LogP contribution in [0.3, 0.4) is 0 Å². The van der Waals surface area contributed by atoms with Gasteiger partial charge in [0.25, 0.3) is 5.52 Å². The molecule has 1 aliphatic heterocycles. The molecule has 1 aliphatic rings. The van der Waals surface area contributed by atoms with Gasteiger partial charge in [0.2, 0.25) is 11.2 Å². The molecule has 3 heterocycles. The molecule has 4 nitrogen and oxygen atoms in total. The highest BCUT2D eigenvalue weighted by Crippen LogP contribution is 2.28. The predicted molar refractivity (Wildman–Crippen MR) is 111 cm³/mol. The molecule has 2 aromatic heterocycles. The van der Waals surface area contributed by atoms with Gasteiger partial charge in [0.1, 0.15) is 18.4 Å². The Bertz CT molecular complexity index is 1190. The van der Waals surface area contributed by atoms with E-state index in [1.54, 1.807) is 12.1 Å². The maximum absolute atomic E-state index is 14.1. The van der Waals surface area contributed by atoms with Crippen LogP contribution in [0.1, 0.15) is 19.3 Å². The molecule has 1 fully saturated rings. The fraction of sp³-hybridized carbons (Fsp3) is 0.391. The van der Waals surface area contributed by atoms with Gasteiger partial charge in [0, 0.05) is 6.07 Å². The Morgan fingerprint density at radius 3 is 2.71 bits per heavy atom. The second-order valence-electron chi connectivity index (χ2n) is 8.50. The maximum Gasteiger partial charge on any atom is 0.258 e. The van der Waals surface area contributed by atoms with Gasteiger partial charge in [-0.05, 0) is 43.5 Å². The fourth-order valence-electron chi connectivity index (χ4n) is 4.88. The topological polar surface area (TPSA) is 21.7 Å². The molecule has 0 radical (unpaired) electrons. The summed E-state index contributed by atoms with van der Waals surface area (Å²) in [5.41, 5.74) is 5.06. The third kappa shape index (κ3) is 2.76. The Kier molecular flexibility index (Phi) is 4.09. The molecule has 0 N–H and O–H groups in total. The molecule has 2 aromatic carbocycles. The molecule has 0 bridgehead atoms. The van der Waals surface area contributed by atoms with E-state index in [-0.39, 0.29) is 5.82 Å². The largest absolute Gasteiger partial charge is 0.325 e. The smallest absolute Gasteiger partial charge is 0.258 e. The van der Waals surface area contributed by atoms with Gasteiger partial charge in [-0.3, -0.25) is 0 Å². The number of nitrogens with zero attached hydrogens (tertiary/aromatic N) is 4. The molecular formula is C23H27FN4+2. The highest BCUT2D eigenvalue weighted by molar-refractivity contribution is 6.03. The van der Waals surface area contributed by atoms with Crippen molar-refractivity contribution in [2.75, 3.05) is 26.7 Å². The van der Waals surface area contributed by atoms with E-state index in [9.17, 15) is 4.39 Å². The summed E-state index contributed by atoms with van der Waals surface area (Å²) in [7, 11) is 4.43. The van der Waals surface area contributed by atoms with E-state index >= 15 is 0 Å². The highest BCUT2D eigenvalue weighted by atomic mass is 19.1. The molecule has 5 rings (SSSR count). The number of aromatic nitrogens is 3. The zero-order chi connectivity index (χ0) is 19.3. The second-order valence-corrected chi connectivity index (χ2v) is 8.50. The van der Waals surface area contributed by atoms with Crippen LogP contribution in [0.4, 0.5) is 4.39 Å². The molecule has 0 saturated carbocycles. The van der Waals surface area contributed by atoms with Crippen molar-refractivity contribution in [3.05, 3.63) is 48.3 Å². The van der Waals surface area contributed by atoms with E-state index < -0.39 is 0 Å². The number of fused-ring (bicyclic) bond motifs is 4. The lowest BCUT2D eigenvalue weighted by molar-refractivity contribution is -0.914. The SMILES string of the molecule is C[n+]1c2ccccc2nc2c1c1cc(F)ccc1n2CC[N+]1(C)CCCCC1. The Morgan fingerprint density at radius 2 is 1.89 bits per heavy atom. The van der Waals surface area contributed by atoms with Crippen LogP contribution >= 0.6 is 0 Å². The van der Waals surface area contributed by atoms with Gasteiger partial charge in [-0.15, -0.1) is 0 Å². The molecule has 4 aromatic rings. The first-order chi connectivity index (χ1) is 13.6. The van der Waals surface area contributed by atoms with Crippen molar-refractivity contribution in [1.82, 2.24) is 9.55 Å². The standard InChI is InChI=1S/C23H27FN4/c1-26-21-9-5-4-8-19(21)25-23-22(26)18-16-17(24)10-11-20(18)27(23)12-15-28(2)13-6-3-7-14-28/h4-5,8-11,16H,3,6-7,12-15H2,1-2H3/q+2. The Morgan fingerprint density at radius 1 is 1.11 bits per heavy atom. The number of rotatable bonds is 3. The molecule has 0 atom stereocenters. The molecule has 0 spiro atoms. The maximum atomic E-state index is 14.1. The highest BCUT2D eigenvalue weighted by Gasteiger charge is 2.27. The second kappa shape index (κ2) is 6.52. The van der Waals surface area contributed by atoms with E-state index in [1.807, 2.05) is 18.2 Å². The van der Waals surface area contributed by atoms with Crippen LogP contribution in [-0.4, -0.2) is 40.7 Å². The van der Waals surface area contributed by atoms with E-state index in [4.69, 9.17) is 4.98 Å². The number of benzene rings is 2. The number of piperidine rings is 1. The van der Waals surface area contributed by atoms with Crippen molar-refractivity contribution in [1.29, 1.82) is 0 Å². The van der Waals surface area contributed by atoms with Crippen LogP contribution in [0.15, 0.2) is 42.5 Å². The molecule has 0 aliphatic carbocycles. The van der Waals surface area contributed by atoms with Crippen LogP contribution in [0.25, 0.3) is 33.1 Å². The van der Waals surface area contributed by atoms with Gasteiger partial charge < -0.3 is 9.05 Å². The summed E-state index contributed by atoms with van der Waals surface area (Å²) in [5.74, 6) is -0.199. The van der Waals surface area contributed by atoms with E-state index in [1.165, 1.54) is 32.4 Å². The first-order valence-electron chi connectivity index (χ1n) is 10.3.